The average molecular weight is 460 g/mol. The second-order valence-corrected chi connectivity index (χ2v) is 7.12. The van der Waals surface area contributed by atoms with Crippen molar-refractivity contribution in [2.45, 2.75) is 37.8 Å². The van der Waals surface area contributed by atoms with E-state index in [9.17, 15) is 9.90 Å². The fraction of sp³-hybridized carbons (Fsp3) is 0.562. The summed E-state index contributed by atoms with van der Waals surface area (Å²) < 4.78 is 8.50. The Morgan fingerprint density at radius 3 is 3.04 bits per heavy atom. The van der Waals surface area contributed by atoms with Gasteiger partial charge in [-0.05, 0) is 59.9 Å². The molecule has 8 nitrogen and oxygen atoms in total. The molecule has 0 saturated carbocycles. The normalized spacial score (nSPS) is 19.0. The molecular formula is C16H21IN4O4. The van der Waals surface area contributed by atoms with E-state index in [-0.39, 0.29) is 25.3 Å². The maximum atomic E-state index is 10.6. The number of rotatable bonds is 6. The summed E-state index contributed by atoms with van der Waals surface area (Å²) in [6.07, 6.45) is 4.22. The lowest BCUT2D eigenvalue weighted by Gasteiger charge is -2.23. The van der Waals surface area contributed by atoms with Gasteiger partial charge in [-0.3, -0.25) is 0 Å². The van der Waals surface area contributed by atoms with Crippen molar-refractivity contribution in [3.63, 3.8) is 0 Å². The molecule has 1 aliphatic heterocycles. The maximum Gasteiger partial charge on any atom is 0.404 e. The summed E-state index contributed by atoms with van der Waals surface area (Å²) in [6, 6.07) is 1.98. The molecule has 0 radical (unpaired) electrons. The minimum absolute atomic E-state index is 0.0645. The number of nitrogens with zero attached hydrogens (tertiary/aromatic N) is 3. The van der Waals surface area contributed by atoms with Crippen LogP contribution in [0.3, 0.4) is 0 Å². The van der Waals surface area contributed by atoms with Crippen LogP contribution in [0.2, 0.25) is 0 Å². The molecule has 0 spiro atoms. The van der Waals surface area contributed by atoms with Crippen molar-refractivity contribution in [3.05, 3.63) is 21.5 Å². The predicted octanol–water partition coefficient (Wildman–Crippen LogP) is 2.47. The maximum absolute atomic E-state index is 10.6. The van der Waals surface area contributed by atoms with Crippen LogP contribution in [0.25, 0.3) is 11.0 Å². The summed E-state index contributed by atoms with van der Waals surface area (Å²) in [5.74, 6) is -0.172. The Hall–Kier alpha value is -1.46. The van der Waals surface area contributed by atoms with E-state index in [2.05, 4.69) is 38.0 Å². The molecule has 2 aromatic rings. The number of aliphatic hydroxyl groups is 1. The van der Waals surface area contributed by atoms with Crippen molar-refractivity contribution in [1.82, 2.24) is 20.1 Å². The van der Waals surface area contributed by atoms with Crippen LogP contribution in [-0.2, 0) is 4.74 Å². The molecule has 2 aromatic heterocycles. The molecule has 1 saturated heterocycles. The summed E-state index contributed by atoms with van der Waals surface area (Å²) in [6.45, 7) is 0.958. The minimum Gasteiger partial charge on any atom is -0.465 e. The molecule has 136 valence electrons. The minimum atomic E-state index is -1.06. The molecule has 1 fully saturated rings. The Kier molecular flexibility index (Phi) is 6.07. The van der Waals surface area contributed by atoms with E-state index in [0.717, 1.165) is 46.2 Å². The molecular weight excluding hydrogens is 439 g/mol. The lowest BCUT2D eigenvalue weighted by atomic mass is 9.97. The molecule has 3 rings (SSSR count). The van der Waals surface area contributed by atoms with Crippen LogP contribution >= 0.6 is 22.6 Å². The first kappa shape index (κ1) is 18.3. The van der Waals surface area contributed by atoms with Crippen LogP contribution in [0, 0.1) is 3.70 Å². The zero-order chi connectivity index (χ0) is 17.8. The third-order valence-corrected chi connectivity index (χ3v) is 5.21. The molecule has 0 aromatic carbocycles. The van der Waals surface area contributed by atoms with Crippen molar-refractivity contribution in [1.29, 1.82) is 0 Å². The number of carboxylic acid groups (broad SMARTS) is 1. The number of hydrogen-bond donors (Lipinski definition) is 3. The number of aliphatic hydroxyl groups excluding tert-OH is 1. The molecule has 2 atom stereocenters. The Morgan fingerprint density at radius 1 is 1.52 bits per heavy atom. The number of hydrogen-bond acceptors (Lipinski definition) is 5. The van der Waals surface area contributed by atoms with Crippen molar-refractivity contribution < 1.29 is 19.7 Å². The van der Waals surface area contributed by atoms with Crippen LogP contribution in [0.15, 0.2) is 12.3 Å². The van der Waals surface area contributed by atoms with Gasteiger partial charge in [0.1, 0.15) is 3.70 Å². The molecule has 9 heteroatoms. The Labute approximate surface area is 158 Å². The van der Waals surface area contributed by atoms with E-state index in [4.69, 9.17) is 9.84 Å². The van der Waals surface area contributed by atoms with Gasteiger partial charge in [-0.1, -0.05) is 0 Å². The number of pyridine rings is 1. The number of halogens is 1. The monoisotopic (exact) mass is 460 g/mol. The van der Waals surface area contributed by atoms with E-state index >= 15 is 0 Å². The van der Waals surface area contributed by atoms with Crippen molar-refractivity contribution in [2.24, 2.45) is 0 Å². The van der Waals surface area contributed by atoms with E-state index in [1.165, 1.54) is 0 Å². The highest BCUT2D eigenvalue weighted by Gasteiger charge is 2.22. The topological polar surface area (TPSA) is 110 Å². The van der Waals surface area contributed by atoms with Gasteiger partial charge >= 0.3 is 6.09 Å². The van der Waals surface area contributed by atoms with Gasteiger partial charge in [0.2, 0.25) is 0 Å². The SMILES string of the molecule is O=C(O)NCC[C@@H](CO)c1cnc2c(c1)c(I)nn2C1CCCCO1. The molecule has 1 aliphatic rings. The van der Waals surface area contributed by atoms with Crippen LogP contribution in [0.1, 0.15) is 43.4 Å². The summed E-state index contributed by atoms with van der Waals surface area (Å²) in [5.41, 5.74) is 1.66. The summed E-state index contributed by atoms with van der Waals surface area (Å²) in [4.78, 5) is 15.1. The number of ether oxygens (including phenoxy) is 1. The Morgan fingerprint density at radius 2 is 2.36 bits per heavy atom. The standard InChI is InChI=1S/C16H21IN4O4/c17-14-12-7-11(10(9-22)4-5-18-16(23)24)8-19-15(12)21(20-14)13-3-1-2-6-25-13/h7-8,10,13,18,22H,1-6,9H2,(H,23,24)/t10-,13?/m0/s1. The lowest BCUT2D eigenvalue weighted by molar-refractivity contribution is -0.0372. The van der Waals surface area contributed by atoms with E-state index in [1.807, 2.05) is 10.7 Å². The van der Waals surface area contributed by atoms with E-state index in [1.54, 1.807) is 6.20 Å². The number of fused-ring (bicyclic) bond motifs is 1. The Balaban J connectivity index is 1.84. The summed E-state index contributed by atoms with van der Waals surface area (Å²) in [5, 5.41) is 26.2. The van der Waals surface area contributed by atoms with Gasteiger partial charge in [-0.25, -0.2) is 14.5 Å². The van der Waals surface area contributed by atoms with Crippen LogP contribution in [0.5, 0.6) is 0 Å². The number of carbonyl (C=O) groups is 1. The number of nitrogens with one attached hydrogen (secondary N) is 1. The smallest absolute Gasteiger partial charge is 0.404 e. The van der Waals surface area contributed by atoms with Crippen molar-refractivity contribution >= 4 is 39.7 Å². The predicted molar refractivity (Wildman–Crippen MR) is 99.6 cm³/mol. The third kappa shape index (κ3) is 4.21. The van der Waals surface area contributed by atoms with Gasteiger partial charge in [0, 0.05) is 25.3 Å². The average Bonchev–Trinajstić information content (AvgIpc) is 2.96. The second kappa shape index (κ2) is 8.28. The second-order valence-electron chi connectivity index (χ2n) is 6.10. The van der Waals surface area contributed by atoms with Gasteiger partial charge in [-0.2, -0.15) is 5.10 Å². The van der Waals surface area contributed by atoms with Gasteiger partial charge in [0.25, 0.3) is 0 Å². The zero-order valence-electron chi connectivity index (χ0n) is 13.7. The van der Waals surface area contributed by atoms with Crippen molar-refractivity contribution in [2.75, 3.05) is 19.8 Å². The van der Waals surface area contributed by atoms with Gasteiger partial charge < -0.3 is 20.3 Å². The quantitative estimate of drug-likeness (QED) is 0.572. The zero-order valence-corrected chi connectivity index (χ0v) is 15.8. The fourth-order valence-corrected chi connectivity index (χ4v) is 3.69. The van der Waals surface area contributed by atoms with Gasteiger partial charge in [-0.15, -0.1) is 0 Å². The van der Waals surface area contributed by atoms with Gasteiger partial charge in [0.15, 0.2) is 11.9 Å². The molecule has 0 aliphatic carbocycles. The molecule has 25 heavy (non-hydrogen) atoms. The summed E-state index contributed by atoms with van der Waals surface area (Å²) >= 11 is 2.18. The third-order valence-electron chi connectivity index (χ3n) is 4.41. The van der Waals surface area contributed by atoms with Gasteiger partial charge in [0.05, 0.1) is 12.0 Å². The van der Waals surface area contributed by atoms with E-state index < -0.39 is 6.09 Å². The summed E-state index contributed by atoms with van der Waals surface area (Å²) in [7, 11) is 0. The molecule has 3 N–H and O–H groups in total. The highest BCUT2D eigenvalue weighted by atomic mass is 127. The molecule has 3 heterocycles. The number of amides is 1. The molecule has 1 amide bonds. The molecule has 1 unspecified atom stereocenters. The largest absolute Gasteiger partial charge is 0.465 e. The molecule has 0 bridgehead atoms. The highest BCUT2D eigenvalue weighted by Crippen LogP contribution is 2.30. The number of aromatic nitrogens is 3. The first-order chi connectivity index (χ1) is 12.1. The first-order valence-corrected chi connectivity index (χ1v) is 9.41. The van der Waals surface area contributed by atoms with Crippen molar-refractivity contribution in [3.8, 4) is 0 Å². The van der Waals surface area contributed by atoms with E-state index in [0.29, 0.717) is 6.42 Å². The fourth-order valence-electron chi connectivity index (χ4n) is 3.06. The van der Waals surface area contributed by atoms with Crippen LogP contribution in [-0.4, -0.2) is 50.8 Å². The highest BCUT2D eigenvalue weighted by molar-refractivity contribution is 14.1. The van der Waals surface area contributed by atoms with Crippen LogP contribution < -0.4 is 5.32 Å². The lowest BCUT2D eigenvalue weighted by Crippen LogP contribution is -2.24. The van der Waals surface area contributed by atoms with Crippen LogP contribution in [0.4, 0.5) is 4.79 Å². The Bertz CT molecular complexity index is 745. The first-order valence-electron chi connectivity index (χ1n) is 8.33.